The third-order valence-corrected chi connectivity index (χ3v) is 3.02. The van der Waals surface area contributed by atoms with Gasteiger partial charge in [0.2, 0.25) is 0 Å². The van der Waals surface area contributed by atoms with Gasteiger partial charge in [0.1, 0.15) is 0 Å². The predicted molar refractivity (Wildman–Crippen MR) is 74.1 cm³/mol. The maximum absolute atomic E-state index is 12.2. The molecule has 0 saturated heterocycles. The van der Waals surface area contributed by atoms with E-state index in [-0.39, 0.29) is 11.9 Å². The van der Waals surface area contributed by atoms with E-state index < -0.39 is 0 Å². The molecule has 0 aliphatic heterocycles. The minimum absolute atomic E-state index is 0.00634. The largest absolute Gasteiger partial charge is 0.393 e. The van der Waals surface area contributed by atoms with Crippen LogP contribution < -0.4 is 5.73 Å². The Labute approximate surface area is 108 Å². The standard InChI is InChI=1S/C13H18N2OS/c1-9-6-4-5-7-11(9)13(16)15(3)10(2)8-12(14)17/h4-7,10H,8H2,1-3H3,(H2,14,17). The molecule has 92 valence electrons. The van der Waals surface area contributed by atoms with Crippen LogP contribution in [0.4, 0.5) is 0 Å². The molecule has 0 fully saturated rings. The van der Waals surface area contributed by atoms with Crippen LogP contribution >= 0.6 is 12.2 Å². The highest BCUT2D eigenvalue weighted by Crippen LogP contribution is 2.12. The maximum Gasteiger partial charge on any atom is 0.254 e. The molecule has 1 aromatic carbocycles. The van der Waals surface area contributed by atoms with Crippen LogP contribution in [0.1, 0.15) is 29.3 Å². The van der Waals surface area contributed by atoms with Crippen molar-refractivity contribution in [2.75, 3.05) is 7.05 Å². The van der Waals surface area contributed by atoms with Crippen LogP contribution in [-0.4, -0.2) is 28.9 Å². The highest BCUT2D eigenvalue weighted by atomic mass is 32.1. The number of thiocarbonyl (C=S) groups is 1. The molecular formula is C13H18N2OS. The predicted octanol–water partition coefficient (Wildman–Crippen LogP) is 2.13. The van der Waals surface area contributed by atoms with Gasteiger partial charge in [-0.25, -0.2) is 0 Å². The van der Waals surface area contributed by atoms with Gasteiger partial charge in [0.05, 0.1) is 4.99 Å². The van der Waals surface area contributed by atoms with E-state index in [1.807, 2.05) is 38.1 Å². The van der Waals surface area contributed by atoms with Crippen LogP contribution in [0.3, 0.4) is 0 Å². The van der Waals surface area contributed by atoms with Gasteiger partial charge in [-0.2, -0.15) is 0 Å². The molecule has 1 aromatic rings. The molecule has 2 N–H and O–H groups in total. The number of aryl methyl sites for hydroxylation is 1. The summed E-state index contributed by atoms with van der Waals surface area (Å²) >= 11 is 4.86. The fourth-order valence-electron chi connectivity index (χ4n) is 1.63. The minimum Gasteiger partial charge on any atom is -0.393 e. The van der Waals surface area contributed by atoms with Crippen molar-refractivity contribution in [3.8, 4) is 0 Å². The molecule has 4 heteroatoms. The molecule has 0 heterocycles. The Morgan fingerprint density at radius 2 is 2.06 bits per heavy atom. The van der Waals surface area contributed by atoms with Gasteiger partial charge < -0.3 is 10.6 Å². The summed E-state index contributed by atoms with van der Waals surface area (Å²) in [5.41, 5.74) is 7.20. The van der Waals surface area contributed by atoms with Crippen molar-refractivity contribution < 1.29 is 4.79 Å². The van der Waals surface area contributed by atoms with E-state index in [9.17, 15) is 4.79 Å². The zero-order valence-electron chi connectivity index (χ0n) is 10.4. The molecular weight excluding hydrogens is 232 g/mol. The van der Waals surface area contributed by atoms with E-state index in [2.05, 4.69) is 0 Å². The quantitative estimate of drug-likeness (QED) is 0.833. The Bertz CT molecular complexity index is 431. The summed E-state index contributed by atoms with van der Waals surface area (Å²) in [4.78, 5) is 14.3. The van der Waals surface area contributed by atoms with Crippen LogP contribution in [0, 0.1) is 6.92 Å². The molecule has 1 amide bonds. The van der Waals surface area contributed by atoms with Gasteiger partial charge in [-0.05, 0) is 25.5 Å². The molecule has 3 nitrogen and oxygen atoms in total. The van der Waals surface area contributed by atoms with Gasteiger partial charge in [0.25, 0.3) is 5.91 Å². The number of hydrogen-bond acceptors (Lipinski definition) is 2. The molecule has 17 heavy (non-hydrogen) atoms. The Hall–Kier alpha value is -1.42. The molecule has 0 aliphatic carbocycles. The zero-order chi connectivity index (χ0) is 13.0. The monoisotopic (exact) mass is 250 g/mol. The number of carbonyl (C=O) groups excluding carboxylic acids is 1. The van der Waals surface area contributed by atoms with Crippen LogP contribution in [0.5, 0.6) is 0 Å². The van der Waals surface area contributed by atoms with Crippen LogP contribution in [-0.2, 0) is 0 Å². The van der Waals surface area contributed by atoms with E-state index >= 15 is 0 Å². The number of hydrogen-bond donors (Lipinski definition) is 1. The molecule has 0 aromatic heterocycles. The first-order chi connectivity index (χ1) is 7.93. The second-order valence-corrected chi connectivity index (χ2v) is 4.77. The average Bonchev–Trinajstić information content (AvgIpc) is 2.27. The third kappa shape index (κ3) is 3.53. The molecule has 1 rings (SSSR count). The van der Waals surface area contributed by atoms with E-state index in [1.165, 1.54) is 0 Å². The van der Waals surface area contributed by atoms with Gasteiger partial charge in [-0.1, -0.05) is 30.4 Å². The summed E-state index contributed by atoms with van der Waals surface area (Å²) in [6.07, 6.45) is 0.545. The molecule has 0 radical (unpaired) electrons. The fourth-order valence-corrected chi connectivity index (χ4v) is 1.87. The lowest BCUT2D eigenvalue weighted by atomic mass is 10.1. The van der Waals surface area contributed by atoms with Crippen molar-refractivity contribution in [1.82, 2.24) is 4.90 Å². The second-order valence-electron chi connectivity index (χ2n) is 4.25. The lowest BCUT2D eigenvalue weighted by molar-refractivity contribution is 0.0747. The van der Waals surface area contributed by atoms with Gasteiger partial charge in [0.15, 0.2) is 0 Å². The molecule has 0 saturated carbocycles. The minimum atomic E-state index is 0.00634. The highest BCUT2D eigenvalue weighted by molar-refractivity contribution is 7.80. The molecule has 0 spiro atoms. The first-order valence-electron chi connectivity index (χ1n) is 5.54. The number of nitrogens with two attached hydrogens (primary N) is 1. The summed E-state index contributed by atoms with van der Waals surface area (Å²) in [6, 6.07) is 7.57. The summed E-state index contributed by atoms with van der Waals surface area (Å²) < 4.78 is 0. The summed E-state index contributed by atoms with van der Waals surface area (Å²) in [7, 11) is 1.78. The number of rotatable bonds is 4. The number of carbonyl (C=O) groups is 1. The summed E-state index contributed by atoms with van der Waals surface area (Å²) in [6.45, 7) is 3.87. The van der Waals surface area contributed by atoms with Crippen LogP contribution in [0.2, 0.25) is 0 Å². The molecule has 0 aliphatic rings. The Kier molecular flexibility index (Phi) is 4.63. The van der Waals surface area contributed by atoms with Gasteiger partial charge in [-0.15, -0.1) is 0 Å². The normalized spacial score (nSPS) is 11.9. The van der Waals surface area contributed by atoms with Crippen molar-refractivity contribution in [3.63, 3.8) is 0 Å². The van der Waals surface area contributed by atoms with Crippen molar-refractivity contribution in [2.24, 2.45) is 5.73 Å². The zero-order valence-corrected chi connectivity index (χ0v) is 11.3. The second kappa shape index (κ2) is 5.77. The Morgan fingerprint density at radius 1 is 1.47 bits per heavy atom. The van der Waals surface area contributed by atoms with E-state index in [0.29, 0.717) is 11.4 Å². The van der Waals surface area contributed by atoms with E-state index in [4.69, 9.17) is 18.0 Å². The van der Waals surface area contributed by atoms with E-state index in [0.717, 1.165) is 11.1 Å². The van der Waals surface area contributed by atoms with Crippen molar-refractivity contribution in [1.29, 1.82) is 0 Å². The lowest BCUT2D eigenvalue weighted by Crippen LogP contribution is -2.37. The van der Waals surface area contributed by atoms with Crippen LogP contribution in [0.15, 0.2) is 24.3 Å². The van der Waals surface area contributed by atoms with E-state index in [1.54, 1.807) is 11.9 Å². The summed E-state index contributed by atoms with van der Waals surface area (Å²) in [5, 5.41) is 0. The van der Waals surface area contributed by atoms with Gasteiger partial charge in [-0.3, -0.25) is 4.79 Å². The Morgan fingerprint density at radius 3 is 2.59 bits per heavy atom. The summed E-state index contributed by atoms with van der Waals surface area (Å²) in [5.74, 6) is 0.00634. The highest BCUT2D eigenvalue weighted by Gasteiger charge is 2.18. The van der Waals surface area contributed by atoms with Crippen molar-refractivity contribution in [2.45, 2.75) is 26.3 Å². The maximum atomic E-state index is 12.2. The topological polar surface area (TPSA) is 46.3 Å². The smallest absolute Gasteiger partial charge is 0.254 e. The third-order valence-electron chi connectivity index (χ3n) is 2.85. The van der Waals surface area contributed by atoms with Crippen molar-refractivity contribution in [3.05, 3.63) is 35.4 Å². The number of benzene rings is 1. The first-order valence-corrected chi connectivity index (χ1v) is 5.95. The van der Waals surface area contributed by atoms with Crippen molar-refractivity contribution >= 4 is 23.1 Å². The number of nitrogens with zero attached hydrogens (tertiary/aromatic N) is 1. The Balaban J connectivity index is 2.83. The fraction of sp³-hybridized carbons (Fsp3) is 0.385. The lowest BCUT2D eigenvalue weighted by Gasteiger charge is -2.25. The van der Waals surface area contributed by atoms with Gasteiger partial charge >= 0.3 is 0 Å². The average molecular weight is 250 g/mol. The molecule has 0 bridgehead atoms. The van der Waals surface area contributed by atoms with Crippen LogP contribution in [0.25, 0.3) is 0 Å². The SMILES string of the molecule is Cc1ccccc1C(=O)N(C)C(C)CC(N)=S. The molecule has 1 unspecified atom stereocenters. The van der Waals surface area contributed by atoms with Gasteiger partial charge in [0, 0.05) is 25.1 Å². The first kappa shape index (κ1) is 13.6. The number of amides is 1. The molecule has 1 atom stereocenters.